The van der Waals surface area contributed by atoms with Crippen LogP contribution in [0.25, 0.3) is 0 Å². The molecule has 3 rings (SSSR count). The highest BCUT2D eigenvalue weighted by molar-refractivity contribution is 6.00. The molecule has 9 heteroatoms. The Morgan fingerprint density at radius 1 is 1.07 bits per heavy atom. The molecule has 0 saturated heterocycles. The van der Waals surface area contributed by atoms with Crippen molar-refractivity contribution in [1.82, 2.24) is 5.32 Å². The average Bonchev–Trinajstić information content (AvgIpc) is 3.17. The van der Waals surface area contributed by atoms with E-state index in [4.69, 9.17) is 14.2 Å². The Balaban J connectivity index is 1.64. The van der Waals surface area contributed by atoms with Crippen LogP contribution in [0, 0.1) is 17.6 Å². The smallest absolute Gasteiger partial charge is 0.329 e. The molecule has 0 saturated carbocycles. The predicted octanol–water partition coefficient (Wildman–Crippen LogP) is 2.87. The monoisotopic (exact) mass is 419 g/mol. The Bertz CT molecular complexity index is 971. The lowest BCUT2D eigenvalue weighted by Gasteiger charge is -2.21. The molecule has 1 atom stereocenters. The van der Waals surface area contributed by atoms with E-state index in [0.717, 1.165) is 18.2 Å². The van der Waals surface area contributed by atoms with Gasteiger partial charge < -0.3 is 19.5 Å². The summed E-state index contributed by atoms with van der Waals surface area (Å²) in [6.45, 7) is 2.71. The molecule has 7 nitrogen and oxygen atoms in total. The number of rotatable bonds is 7. The second kappa shape index (κ2) is 8.89. The number of Topliss-reactive ketones (excluding diaryl/α,β-unsaturated/α-hetero) is 1. The van der Waals surface area contributed by atoms with Crippen molar-refractivity contribution in [3.8, 4) is 11.5 Å². The Hall–Kier alpha value is -3.49. The van der Waals surface area contributed by atoms with E-state index >= 15 is 0 Å². The standard InChI is InChI=1S/C21H19F2NO6/c1-11(2)19(24-20(26)18-13(22)4-3-5-14(18)23)21(27)28-9-15(25)12-6-7-16-17(8-12)30-10-29-16/h3-8,11,19H,9-10H2,1-2H3,(H,24,26). The minimum absolute atomic E-state index is 0.0559. The molecule has 0 fully saturated rings. The van der Waals surface area contributed by atoms with E-state index in [9.17, 15) is 23.2 Å². The van der Waals surface area contributed by atoms with E-state index in [0.29, 0.717) is 11.5 Å². The first kappa shape index (κ1) is 21.2. The fraction of sp³-hybridized carbons (Fsp3) is 0.286. The van der Waals surface area contributed by atoms with Crippen LogP contribution in [0.2, 0.25) is 0 Å². The zero-order valence-electron chi connectivity index (χ0n) is 16.2. The summed E-state index contributed by atoms with van der Waals surface area (Å²) in [5.74, 6) is -4.14. The molecule has 1 unspecified atom stereocenters. The van der Waals surface area contributed by atoms with Gasteiger partial charge in [0.2, 0.25) is 6.79 Å². The second-order valence-electron chi connectivity index (χ2n) is 6.89. The minimum atomic E-state index is -1.21. The maximum atomic E-state index is 13.8. The number of ether oxygens (including phenoxy) is 3. The minimum Gasteiger partial charge on any atom is -0.456 e. The van der Waals surface area contributed by atoms with E-state index in [2.05, 4.69) is 5.32 Å². The predicted molar refractivity (Wildman–Crippen MR) is 100 cm³/mol. The van der Waals surface area contributed by atoms with E-state index in [1.807, 2.05) is 0 Å². The quantitative estimate of drug-likeness (QED) is 0.548. The van der Waals surface area contributed by atoms with Crippen LogP contribution in [0.5, 0.6) is 11.5 Å². The molecule has 0 aliphatic carbocycles. The van der Waals surface area contributed by atoms with Crippen molar-refractivity contribution in [2.45, 2.75) is 19.9 Å². The summed E-state index contributed by atoms with van der Waals surface area (Å²) >= 11 is 0. The maximum Gasteiger partial charge on any atom is 0.329 e. The molecule has 1 aliphatic heterocycles. The van der Waals surface area contributed by atoms with E-state index in [1.165, 1.54) is 12.1 Å². The SMILES string of the molecule is CC(C)C(NC(=O)c1c(F)cccc1F)C(=O)OCC(=O)c1ccc2c(c1)OCO2. The number of esters is 1. The Kier molecular flexibility index (Phi) is 6.29. The Morgan fingerprint density at radius 3 is 2.40 bits per heavy atom. The second-order valence-corrected chi connectivity index (χ2v) is 6.89. The van der Waals surface area contributed by atoms with Crippen molar-refractivity contribution >= 4 is 17.7 Å². The van der Waals surface area contributed by atoms with Gasteiger partial charge in [-0.15, -0.1) is 0 Å². The lowest BCUT2D eigenvalue weighted by Crippen LogP contribution is -2.46. The van der Waals surface area contributed by atoms with Crippen molar-refractivity contribution in [3.05, 3.63) is 59.2 Å². The van der Waals surface area contributed by atoms with Crippen molar-refractivity contribution in [3.63, 3.8) is 0 Å². The summed E-state index contributed by atoms with van der Waals surface area (Å²) in [5, 5.41) is 2.27. The number of fused-ring (bicyclic) bond motifs is 1. The number of halogens is 2. The van der Waals surface area contributed by atoms with Gasteiger partial charge in [-0.25, -0.2) is 13.6 Å². The molecule has 1 aliphatic rings. The van der Waals surface area contributed by atoms with Crippen molar-refractivity contribution in [2.24, 2.45) is 5.92 Å². The highest BCUT2D eigenvalue weighted by atomic mass is 19.1. The molecule has 2 aromatic rings. The number of carbonyl (C=O) groups is 3. The van der Waals surface area contributed by atoms with Gasteiger partial charge in [-0.1, -0.05) is 19.9 Å². The third kappa shape index (κ3) is 4.56. The number of amides is 1. The van der Waals surface area contributed by atoms with Crippen molar-refractivity contribution in [2.75, 3.05) is 13.4 Å². The van der Waals surface area contributed by atoms with E-state index in [1.54, 1.807) is 19.9 Å². The number of carbonyl (C=O) groups excluding carboxylic acids is 3. The van der Waals surface area contributed by atoms with Gasteiger partial charge in [-0.05, 0) is 36.2 Å². The molecule has 1 amide bonds. The molecular formula is C21H19F2NO6. The van der Waals surface area contributed by atoms with Crippen molar-refractivity contribution in [1.29, 1.82) is 0 Å². The van der Waals surface area contributed by atoms with Crippen LogP contribution in [-0.4, -0.2) is 37.1 Å². The summed E-state index contributed by atoms with van der Waals surface area (Å²) in [5.41, 5.74) is -0.544. The van der Waals surface area contributed by atoms with E-state index in [-0.39, 0.29) is 12.4 Å². The Morgan fingerprint density at radius 2 is 1.73 bits per heavy atom. The van der Waals surface area contributed by atoms with Crippen LogP contribution in [0.1, 0.15) is 34.6 Å². The van der Waals surface area contributed by atoms with Crippen LogP contribution in [0.15, 0.2) is 36.4 Å². The van der Waals surface area contributed by atoms with Crippen LogP contribution >= 0.6 is 0 Å². The average molecular weight is 419 g/mol. The summed E-state index contributed by atoms with van der Waals surface area (Å²) in [7, 11) is 0. The number of benzene rings is 2. The van der Waals surface area contributed by atoms with Gasteiger partial charge in [-0.2, -0.15) is 0 Å². The molecular weight excluding hydrogens is 400 g/mol. The zero-order valence-corrected chi connectivity index (χ0v) is 16.2. The van der Waals surface area contributed by atoms with Gasteiger partial charge in [0.15, 0.2) is 23.9 Å². The topological polar surface area (TPSA) is 90.9 Å². The van der Waals surface area contributed by atoms with Crippen molar-refractivity contribution < 1.29 is 37.4 Å². The summed E-state index contributed by atoms with van der Waals surface area (Å²) in [6, 6.07) is 6.33. The van der Waals surface area contributed by atoms with Gasteiger partial charge >= 0.3 is 5.97 Å². The highest BCUT2D eigenvalue weighted by Crippen LogP contribution is 2.32. The highest BCUT2D eigenvalue weighted by Gasteiger charge is 2.29. The summed E-state index contributed by atoms with van der Waals surface area (Å²) in [6.07, 6.45) is 0. The summed E-state index contributed by atoms with van der Waals surface area (Å²) in [4.78, 5) is 37.0. The third-order valence-electron chi connectivity index (χ3n) is 4.44. The lowest BCUT2D eigenvalue weighted by molar-refractivity contribution is -0.145. The van der Waals surface area contributed by atoms with Gasteiger partial charge in [0.25, 0.3) is 5.91 Å². The number of hydrogen-bond donors (Lipinski definition) is 1. The van der Waals surface area contributed by atoms with Crippen LogP contribution < -0.4 is 14.8 Å². The Labute approximate surface area is 170 Å². The number of ketones is 1. The first-order valence-electron chi connectivity index (χ1n) is 9.12. The zero-order chi connectivity index (χ0) is 21.8. The number of nitrogens with one attached hydrogen (secondary N) is 1. The molecule has 0 bridgehead atoms. The normalized spacial score (nSPS) is 13.1. The van der Waals surface area contributed by atoms with E-state index < -0.39 is 53.4 Å². The first-order valence-corrected chi connectivity index (χ1v) is 9.12. The molecule has 2 aromatic carbocycles. The molecule has 1 N–H and O–H groups in total. The molecule has 1 heterocycles. The molecule has 158 valence electrons. The first-order chi connectivity index (χ1) is 14.3. The molecule has 0 aromatic heterocycles. The number of hydrogen-bond acceptors (Lipinski definition) is 6. The molecule has 0 spiro atoms. The lowest BCUT2D eigenvalue weighted by atomic mass is 10.0. The van der Waals surface area contributed by atoms with Crippen LogP contribution in [0.3, 0.4) is 0 Å². The molecule has 0 radical (unpaired) electrons. The maximum absolute atomic E-state index is 13.8. The summed E-state index contributed by atoms with van der Waals surface area (Å²) < 4.78 is 43.0. The van der Waals surface area contributed by atoms with Gasteiger partial charge in [0.05, 0.1) is 0 Å². The largest absolute Gasteiger partial charge is 0.456 e. The third-order valence-corrected chi connectivity index (χ3v) is 4.44. The van der Waals surface area contributed by atoms with Gasteiger partial charge in [0.1, 0.15) is 23.2 Å². The fourth-order valence-electron chi connectivity index (χ4n) is 2.81. The molecule has 30 heavy (non-hydrogen) atoms. The van der Waals surface area contributed by atoms with Gasteiger partial charge in [0, 0.05) is 5.56 Å². The van der Waals surface area contributed by atoms with Gasteiger partial charge in [-0.3, -0.25) is 9.59 Å². The van der Waals surface area contributed by atoms with Crippen LogP contribution in [0.4, 0.5) is 8.78 Å². The fourth-order valence-corrected chi connectivity index (χ4v) is 2.81. The van der Waals surface area contributed by atoms with Crippen LogP contribution in [-0.2, 0) is 9.53 Å².